The summed E-state index contributed by atoms with van der Waals surface area (Å²) >= 11 is 5.83. The highest BCUT2D eigenvalue weighted by Gasteiger charge is 2.12. The Morgan fingerprint density at radius 2 is 1.53 bits per heavy atom. The lowest BCUT2D eigenvalue weighted by atomic mass is 9.99. The van der Waals surface area contributed by atoms with Crippen LogP contribution in [0, 0.1) is 0 Å². The van der Waals surface area contributed by atoms with Crippen molar-refractivity contribution < 1.29 is 4.79 Å². The van der Waals surface area contributed by atoms with Gasteiger partial charge in [-0.2, -0.15) is 4.99 Å². The van der Waals surface area contributed by atoms with E-state index in [1.54, 1.807) is 18.2 Å². The maximum atomic E-state index is 10.5. The second-order valence-corrected chi connectivity index (χ2v) is 4.02. The Morgan fingerprint density at radius 3 is 2.12 bits per heavy atom. The van der Waals surface area contributed by atoms with Gasteiger partial charge in [0, 0.05) is 5.02 Å². The van der Waals surface area contributed by atoms with Crippen molar-refractivity contribution in [2.24, 2.45) is 4.99 Å². The van der Waals surface area contributed by atoms with Crippen LogP contribution >= 0.6 is 11.6 Å². The first-order valence-electron chi connectivity index (χ1n) is 5.18. The lowest BCUT2D eigenvalue weighted by molar-refractivity contribution is 0.560. The summed E-state index contributed by atoms with van der Waals surface area (Å²) in [5, 5.41) is 0.663. The minimum Gasteiger partial charge on any atom is -0.211 e. The van der Waals surface area contributed by atoms with Crippen LogP contribution in [-0.2, 0) is 4.79 Å². The van der Waals surface area contributed by atoms with Crippen LogP contribution in [0.4, 0.5) is 0 Å². The van der Waals surface area contributed by atoms with Crippen LogP contribution in [0.5, 0.6) is 0 Å². The molecular formula is C14H10ClNO. The molecule has 17 heavy (non-hydrogen) atoms. The molecule has 0 aliphatic rings. The lowest BCUT2D eigenvalue weighted by Crippen LogP contribution is -1.97. The maximum absolute atomic E-state index is 10.5. The van der Waals surface area contributed by atoms with Gasteiger partial charge >= 0.3 is 0 Å². The van der Waals surface area contributed by atoms with Crippen molar-refractivity contribution in [2.45, 2.75) is 6.04 Å². The molecule has 0 saturated carbocycles. The predicted octanol–water partition coefficient (Wildman–Crippen LogP) is 3.77. The molecule has 0 saturated heterocycles. The Morgan fingerprint density at radius 1 is 0.941 bits per heavy atom. The maximum Gasteiger partial charge on any atom is 0.235 e. The molecule has 0 spiro atoms. The number of aliphatic imine (C=N–C) groups is 1. The normalized spacial score (nSPS) is 11.6. The van der Waals surface area contributed by atoms with Crippen LogP contribution < -0.4 is 0 Å². The minimum absolute atomic E-state index is 0.314. The highest BCUT2D eigenvalue weighted by molar-refractivity contribution is 6.30. The number of rotatable bonds is 3. The van der Waals surface area contributed by atoms with Gasteiger partial charge in [0.2, 0.25) is 6.08 Å². The van der Waals surface area contributed by atoms with Crippen molar-refractivity contribution in [3.63, 3.8) is 0 Å². The number of nitrogens with zero attached hydrogens (tertiary/aromatic N) is 1. The smallest absolute Gasteiger partial charge is 0.211 e. The summed E-state index contributed by atoms with van der Waals surface area (Å²) in [6, 6.07) is 16.6. The molecular weight excluding hydrogens is 234 g/mol. The van der Waals surface area contributed by atoms with Crippen LogP contribution in [0.25, 0.3) is 0 Å². The van der Waals surface area contributed by atoms with Gasteiger partial charge in [0.25, 0.3) is 0 Å². The fourth-order valence-electron chi connectivity index (χ4n) is 1.67. The minimum atomic E-state index is -0.314. The van der Waals surface area contributed by atoms with Gasteiger partial charge in [0.1, 0.15) is 6.04 Å². The van der Waals surface area contributed by atoms with E-state index in [1.165, 1.54) is 0 Å². The predicted molar refractivity (Wildman–Crippen MR) is 67.9 cm³/mol. The molecule has 2 aromatic carbocycles. The molecule has 0 aliphatic carbocycles. The second kappa shape index (κ2) is 5.44. The molecule has 0 N–H and O–H groups in total. The van der Waals surface area contributed by atoms with E-state index in [0.717, 1.165) is 11.1 Å². The largest absolute Gasteiger partial charge is 0.235 e. The average molecular weight is 244 g/mol. The number of hydrogen-bond acceptors (Lipinski definition) is 2. The van der Waals surface area contributed by atoms with Gasteiger partial charge in [0.05, 0.1) is 0 Å². The molecule has 1 atom stereocenters. The SMILES string of the molecule is O=C=NC(c1ccccc1)c1ccc(Cl)cc1. The highest BCUT2D eigenvalue weighted by Crippen LogP contribution is 2.26. The average Bonchev–Trinajstić information content (AvgIpc) is 2.38. The van der Waals surface area contributed by atoms with Crippen molar-refractivity contribution in [1.29, 1.82) is 0 Å². The first kappa shape index (κ1) is 11.6. The molecule has 0 heterocycles. The quantitative estimate of drug-likeness (QED) is 0.596. The van der Waals surface area contributed by atoms with E-state index in [4.69, 9.17) is 11.6 Å². The molecule has 0 fully saturated rings. The van der Waals surface area contributed by atoms with Crippen LogP contribution in [0.15, 0.2) is 59.6 Å². The number of benzene rings is 2. The standard InChI is InChI=1S/C14H10ClNO/c15-13-8-6-12(7-9-13)14(16-10-17)11-4-2-1-3-5-11/h1-9,14H. The zero-order valence-corrected chi connectivity index (χ0v) is 9.76. The molecule has 3 heteroatoms. The van der Waals surface area contributed by atoms with Gasteiger partial charge in [0.15, 0.2) is 0 Å². The monoisotopic (exact) mass is 243 g/mol. The van der Waals surface area contributed by atoms with E-state index in [2.05, 4.69) is 4.99 Å². The van der Waals surface area contributed by atoms with Gasteiger partial charge in [-0.1, -0.05) is 54.1 Å². The van der Waals surface area contributed by atoms with Gasteiger partial charge in [-0.25, -0.2) is 4.79 Å². The molecule has 2 rings (SSSR count). The first-order chi connectivity index (χ1) is 8.31. The summed E-state index contributed by atoms with van der Waals surface area (Å²) < 4.78 is 0. The van der Waals surface area contributed by atoms with Crippen molar-refractivity contribution in [3.05, 3.63) is 70.7 Å². The molecule has 0 aliphatic heterocycles. The lowest BCUT2D eigenvalue weighted by Gasteiger charge is -2.11. The summed E-state index contributed by atoms with van der Waals surface area (Å²) in [5.41, 5.74) is 1.88. The van der Waals surface area contributed by atoms with E-state index in [0.29, 0.717) is 5.02 Å². The van der Waals surface area contributed by atoms with Gasteiger partial charge in [-0.15, -0.1) is 0 Å². The van der Waals surface area contributed by atoms with Crippen molar-refractivity contribution in [3.8, 4) is 0 Å². The molecule has 0 amide bonds. The van der Waals surface area contributed by atoms with Crippen LogP contribution in [0.1, 0.15) is 17.2 Å². The third-order valence-electron chi connectivity index (χ3n) is 2.48. The Kier molecular flexibility index (Phi) is 3.71. The topological polar surface area (TPSA) is 29.4 Å². The summed E-state index contributed by atoms with van der Waals surface area (Å²) in [4.78, 5) is 14.4. The molecule has 2 nitrogen and oxygen atoms in total. The first-order valence-corrected chi connectivity index (χ1v) is 5.56. The Bertz CT molecular complexity index is 530. The number of isocyanates is 1. The zero-order valence-electron chi connectivity index (χ0n) is 9.01. The van der Waals surface area contributed by atoms with Gasteiger partial charge < -0.3 is 0 Å². The van der Waals surface area contributed by atoms with Gasteiger partial charge in [-0.3, -0.25) is 0 Å². The Hall–Kier alpha value is -1.89. The van der Waals surface area contributed by atoms with Crippen LogP contribution in [-0.4, -0.2) is 6.08 Å². The van der Waals surface area contributed by atoms with E-state index < -0.39 is 0 Å². The number of halogens is 1. The van der Waals surface area contributed by atoms with Crippen molar-refractivity contribution in [2.75, 3.05) is 0 Å². The number of hydrogen-bond donors (Lipinski definition) is 0. The summed E-state index contributed by atoms with van der Waals surface area (Å²) in [6.45, 7) is 0. The summed E-state index contributed by atoms with van der Waals surface area (Å²) in [5.74, 6) is 0. The fraction of sp³-hybridized carbons (Fsp3) is 0.0714. The van der Waals surface area contributed by atoms with Crippen LogP contribution in [0.2, 0.25) is 5.02 Å². The Balaban J connectivity index is 2.42. The third kappa shape index (κ3) is 2.82. The van der Waals surface area contributed by atoms with E-state index in [1.807, 2.05) is 42.5 Å². The van der Waals surface area contributed by atoms with E-state index >= 15 is 0 Å². The molecule has 1 unspecified atom stereocenters. The third-order valence-corrected chi connectivity index (χ3v) is 2.73. The van der Waals surface area contributed by atoms with Crippen molar-refractivity contribution >= 4 is 17.7 Å². The number of carbonyl (C=O) groups excluding carboxylic acids is 1. The highest BCUT2D eigenvalue weighted by atomic mass is 35.5. The summed E-state index contributed by atoms with van der Waals surface area (Å²) in [7, 11) is 0. The molecule has 0 radical (unpaired) electrons. The molecule has 0 aromatic heterocycles. The second-order valence-electron chi connectivity index (χ2n) is 3.59. The molecule has 2 aromatic rings. The van der Waals surface area contributed by atoms with Gasteiger partial charge in [-0.05, 0) is 23.3 Å². The van der Waals surface area contributed by atoms with Crippen molar-refractivity contribution in [1.82, 2.24) is 0 Å². The van der Waals surface area contributed by atoms with E-state index in [-0.39, 0.29) is 6.04 Å². The Labute approximate surface area is 105 Å². The van der Waals surface area contributed by atoms with E-state index in [9.17, 15) is 4.79 Å². The summed E-state index contributed by atoms with van der Waals surface area (Å²) in [6.07, 6.45) is 1.62. The van der Waals surface area contributed by atoms with Crippen LogP contribution in [0.3, 0.4) is 0 Å². The molecule has 0 bridgehead atoms. The fourth-order valence-corrected chi connectivity index (χ4v) is 1.80. The zero-order chi connectivity index (χ0) is 12.1. The molecule has 84 valence electrons.